The third kappa shape index (κ3) is 3.32. The molecule has 2 aliphatic heterocycles. The summed E-state index contributed by atoms with van der Waals surface area (Å²) in [6.45, 7) is 1.63. The largest absolute Gasteiger partial charge is 0.388 e. The van der Waals surface area contributed by atoms with Crippen LogP contribution in [-0.2, 0) is 11.2 Å². The minimum Gasteiger partial charge on any atom is -0.388 e. The second-order valence-corrected chi connectivity index (χ2v) is 7.91. The molecular formula is C17H24N2O4S. The topological polar surface area (TPSA) is 85.5 Å². The van der Waals surface area contributed by atoms with Gasteiger partial charge in [-0.1, -0.05) is 42.1 Å². The molecule has 0 aromatic heterocycles. The summed E-state index contributed by atoms with van der Waals surface area (Å²) in [5.41, 5.74) is -0.777. The number of benzene rings is 1. The predicted octanol–water partition coefficient (Wildman–Crippen LogP) is 0.460. The molecular weight excluding hydrogens is 328 g/mol. The Labute approximate surface area is 146 Å². The fourth-order valence-electron chi connectivity index (χ4n) is 3.19. The number of amidine groups is 1. The van der Waals surface area contributed by atoms with Crippen molar-refractivity contribution < 1.29 is 20.1 Å². The molecule has 0 amide bonds. The average molecular weight is 352 g/mol. The second-order valence-electron chi connectivity index (χ2n) is 6.84. The summed E-state index contributed by atoms with van der Waals surface area (Å²) in [7, 11) is 3.74. The predicted molar refractivity (Wildman–Crippen MR) is 93.9 cm³/mol. The number of aliphatic hydroxyl groups is 3. The molecule has 0 spiro atoms. The lowest BCUT2D eigenvalue weighted by molar-refractivity contribution is -0.212. The van der Waals surface area contributed by atoms with E-state index in [9.17, 15) is 15.3 Å². The van der Waals surface area contributed by atoms with Gasteiger partial charge in [0.05, 0.1) is 5.60 Å². The molecule has 3 rings (SSSR count). The van der Waals surface area contributed by atoms with Crippen molar-refractivity contribution in [1.82, 2.24) is 4.90 Å². The zero-order chi connectivity index (χ0) is 17.5. The molecule has 7 heteroatoms. The summed E-state index contributed by atoms with van der Waals surface area (Å²) >= 11 is 1.41. The van der Waals surface area contributed by atoms with E-state index in [4.69, 9.17) is 4.74 Å². The number of nitrogens with zero attached hydrogens (tertiary/aromatic N) is 2. The standard InChI is InChI=1S/C17H24N2O4S/c1-17(22,9-10-7-5-4-6-8-10)14-13(21)12(20)11-15(23-14)24-16(18-11)19(2)3/h4-8,11-15,20-22H,9H2,1-3H3/t11-,12-,13+,14+,15-,17+/m1/s1. The maximum absolute atomic E-state index is 10.9. The number of thioether (sulfide) groups is 1. The van der Waals surface area contributed by atoms with Gasteiger partial charge in [0.25, 0.3) is 0 Å². The molecule has 0 radical (unpaired) electrons. The fourth-order valence-corrected chi connectivity index (χ4v) is 4.33. The Morgan fingerprint density at radius 2 is 1.88 bits per heavy atom. The number of aliphatic hydroxyl groups excluding tert-OH is 2. The first-order chi connectivity index (χ1) is 11.3. The van der Waals surface area contributed by atoms with Crippen LogP contribution in [0.2, 0.25) is 0 Å². The van der Waals surface area contributed by atoms with E-state index < -0.39 is 35.4 Å². The van der Waals surface area contributed by atoms with Crippen molar-refractivity contribution in [2.75, 3.05) is 14.1 Å². The molecule has 0 aliphatic carbocycles. The van der Waals surface area contributed by atoms with Gasteiger partial charge in [0, 0.05) is 20.5 Å². The lowest BCUT2D eigenvalue weighted by Crippen LogP contribution is -2.62. The smallest absolute Gasteiger partial charge is 0.161 e. The van der Waals surface area contributed by atoms with E-state index >= 15 is 0 Å². The van der Waals surface area contributed by atoms with Crippen molar-refractivity contribution in [2.45, 2.75) is 48.7 Å². The highest BCUT2D eigenvalue weighted by Crippen LogP contribution is 2.40. The molecule has 0 unspecified atom stereocenters. The molecule has 1 aromatic rings. The van der Waals surface area contributed by atoms with E-state index in [0.29, 0.717) is 6.42 Å². The highest BCUT2D eigenvalue weighted by atomic mass is 32.2. The Kier molecular flexibility index (Phi) is 4.90. The third-order valence-corrected chi connectivity index (χ3v) is 5.75. The Morgan fingerprint density at radius 1 is 1.21 bits per heavy atom. The molecule has 1 aromatic carbocycles. The first-order valence-electron chi connectivity index (χ1n) is 7.99. The van der Waals surface area contributed by atoms with Gasteiger partial charge in [-0.05, 0) is 12.5 Å². The van der Waals surface area contributed by atoms with Gasteiger partial charge < -0.3 is 25.0 Å². The highest BCUT2D eigenvalue weighted by Gasteiger charge is 2.53. The van der Waals surface area contributed by atoms with E-state index in [2.05, 4.69) is 4.99 Å². The quantitative estimate of drug-likeness (QED) is 0.733. The third-order valence-electron chi connectivity index (χ3n) is 4.45. The van der Waals surface area contributed by atoms with Gasteiger partial charge in [-0.15, -0.1) is 0 Å². The Bertz CT molecular complexity index is 608. The monoisotopic (exact) mass is 352 g/mol. The average Bonchev–Trinajstić information content (AvgIpc) is 2.96. The lowest BCUT2D eigenvalue weighted by atomic mass is 9.83. The second kappa shape index (κ2) is 6.65. The molecule has 6 atom stereocenters. The molecule has 2 heterocycles. The molecule has 3 N–H and O–H groups in total. The molecule has 0 saturated carbocycles. The van der Waals surface area contributed by atoms with Crippen LogP contribution in [0.1, 0.15) is 12.5 Å². The molecule has 24 heavy (non-hydrogen) atoms. The molecule has 1 saturated heterocycles. The maximum atomic E-state index is 10.9. The SMILES string of the molecule is CN(C)C1=N[C@@H]2[C@@H](O)[C@H](O)[C@@H]([C@@](C)(O)Cc3ccccc3)O[C@@H]2S1. The summed E-state index contributed by atoms with van der Waals surface area (Å²) in [4.78, 5) is 6.28. The normalized spacial score (nSPS) is 35.1. The van der Waals surface area contributed by atoms with Gasteiger partial charge in [-0.2, -0.15) is 0 Å². The molecule has 2 aliphatic rings. The molecule has 6 nitrogen and oxygen atoms in total. The van der Waals surface area contributed by atoms with Crippen LogP contribution in [-0.4, -0.2) is 74.9 Å². The highest BCUT2D eigenvalue weighted by molar-refractivity contribution is 8.14. The van der Waals surface area contributed by atoms with Crippen LogP contribution in [0, 0.1) is 0 Å². The van der Waals surface area contributed by atoms with Crippen LogP contribution >= 0.6 is 11.8 Å². The number of fused-ring (bicyclic) bond motifs is 1. The van der Waals surface area contributed by atoms with Crippen LogP contribution in [0.25, 0.3) is 0 Å². The van der Waals surface area contributed by atoms with E-state index in [1.165, 1.54) is 11.8 Å². The van der Waals surface area contributed by atoms with Crippen molar-refractivity contribution in [3.63, 3.8) is 0 Å². The van der Waals surface area contributed by atoms with Crippen LogP contribution in [0.5, 0.6) is 0 Å². The van der Waals surface area contributed by atoms with Crippen molar-refractivity contribution in [2.24, 2.45) is 4.99 Å². The summed E-state index contributed by atoms with van der Waals surface area (Å²) in [5, 5.41) is 32.6. The first kappa shape index (κ1) is 17.7. The summed E-state index contributed by atoms with van der Waals surface area (Å²) in [6, 6.07) is 9.03. The Hall–Kier alpha value is -1.12. The summed E-state index contributed by atoms with van der Waals surface area (Å²) < 4.78 is 5.97. The van der Waals surface area contributed by atoms with Crippen LogP contribution in [0.3, 0.4) is 0 Å². The first-order valence-corrected chi connectivity index (χ1v) is 8.87. The fraction of sp³-hybridized carbons (Fsp3) is 0.588. The van der Waals surface area contributed by atoms with E-state index in [1.807, 2.05) is 49.3 Å². The Morgan fingerprint density at radius 3 is 2.50 bits per heavy atom. The van der Waals surface area contributed by atoms with Gasteiger partial charge >= 0.3 is 0 Å². The van der Waals surface area contributed by atoms with Crippen molar-refractivity contribution >= 4 is 16.9 Å². The van der Waals surface area contributed by atoms with Crippen molar-refractivity contribution in [3.8, 4) is 0 Å². The molecule has 1 fully saturated rings. The number of hydrogen-bond acceptors (Lipinski definition) is 7. The molecule has 0 bridgehead atoms. The van der Waals surface area contributed by atoms with Gasteiger partial charge in [0.2, 0.25) is 0 Å². The zero-order valence-electron chi connectivity index (χ0n) is 14.0. The van der Waals surface area contributed by atoms with Crippen molar-refractivity contribution in [1.29, 1.82) is 0 Å². The number of rotatable bonds is 3. The minimum absolute atomic E-state index is 0.325. The summed E-state index contributed by atoms with van der Waals surface area (Å²) in [6.07, 6.45) is -2.83. The Balaban J connectivity index is 1.78. The lowest BCUT2D eigenvalue weighted by Gasteiger charge is -2.44. The molecule has 132 valence electrons. The van der Waals surface area contributed by atoms with Gasteiger partial charge in [-0.3, -0.25) is 4.99 Å². The maximum Gasteiger partial charge on any atom is 0.161 e. The van der Waals surface area contributed by atoms with E-state index in [1.54, 1.807) is 6.92 Å². The minimum atomic E-state index is -1.31. The van der Waals surface area contributed by atoms with Crippen LogP contribution in [0.15, 0.2) is 35.3 Å². The number of ether oxygens (including phenoxy) is 1. The van der Waals surface area contributed by atoms with Gasteiger partial charge in [0.1, 0.15) is 29.8 Å². The van der Waals surface area contributed by atoms with E-state index in [-0.39, 0.29) is 0 Å². The van der Waals surface area contributed by atoms with Crippen LogP contribution in [0.4, 0.5) is 0 Å². The number of hydrogen-bond donors (Lipinski definition) is 3. The van der Waals surface area contributed by atoms with Crippen molar-refractivity contribution in [3.05, 3.63) is 35.9 Å². The number of aliphatic imine (C=N–C) groups is 1. The van der Waals surface area contributed by atoms with Gasteiger partial charge in [0.15, 0.2) is 5.17 Å². The van der Waals surface area contributed by atoms with Crippen LogP contribution < -0.4 is 0 Å². The zero-order valence-corrected chi connectivity index (χ0v) is 14.8. The van der Waals surface area contributed by atoms with Gasteiger partial charge in [-0.25, -0.2) is 0 Å². The van der Waals surface area contributed by atoms with E-state index in [0.717, 1.165) is 10.7 Å². The summed E-state index contributed by atoms with van der Waals surface area (Å²) in [5.74, 6) is 0.